The molecule has 98 valence electrons. The van der Waals surface area contributed by atoms with Crippen LogP contribution in [0.25, 0.3) is 0 Å². The Morgan fingerprint density at radius 3 is 3.00 bits per heavy atom. The molecule has 0 radical (unpaired) electrons. The number of nitrogens with zero attached hydrogens (tertiary/aromatic N) is 1. The van der Waals surface area contributed by atoms with E-state index in [1.807, 2.05) is 24.3 Å². The first-order chi connectivity index (χ1) is 8.81. The number of benzene rings is 1. The maximum Gasteiger partial charge on any atom is 0.0874 e. The third kappa shape index (κ3) is 2.60. The Labute approximate surface area is 108 Å². The number of morpholine rings is 1. The Balaban J connectivity index is 1.50. The van der Waals surface area contributed by atoms with E-state index in [2.05, 4.69) is 10.2 Å². The fourth-order valence-electron chi connectivity index (χ4n) is 2.84. The molecule has 3 N–H and O–H groups in total. The lowest BCUT2D eigenvalue weighted by Crippen LogP contribution is -2.48. The molecule has 2 aliphatic rings. The summed E-state index contributed by atoms with van der Waals surface area (Å²) >= 11 is 0. The largest absolute Gasteiger partial charge is 0.399 e. The van der Waals surface area contributed by atoms with Crippen molar-refractivity contribution >= 4 is 11.4 Å². The van der Waals surface area contributed by atoms with Gasteiger partial charge in [-0.05, 0) is 43.7 Å². The van der Waals surface area contributed by atoms with Crippen LogP contribution in [-0.4, -0.2) is 43.3 Å². The molecule has 0 amide bonds. The highest BCUT2D eigenvalue weighted by atomic mass is 16.5. The summed E-state index contributed by atoms with van der Waals surface area (Å²) in [5.74, 6) is 0. The van der Waals surface area contributed by atoms with E-state index in [1.54, 1.807) is 0 Å². The highest BCUT2D eigenvalue weighted by molar-refractivity contribution is 5.51. The second-order valence-electron chi connectivity index (χ2n) is 5.25. The SMILES string of the molecule is Nc1ccc(NCC2CN3CCCC3CO2)cc1. The molecular formula is C14H21N3O. The lowest BCUT2D eigenvalue weighted by atomic mass is 10.2. The van der Waals surface area contributed by atoms with Gasteiger partial charge in [-0.1, -0.05) is 0 Å². The average molecular weight is 247 g/mol. The molecule has 4 heteroatoms. The van der Waals surface area contributed by atoms with Gasteiger partial charge in [0.15, 0.2) is 0 Å². The zero-order chi connectivity index (χ0) is 12.4. The first kappa shape index (κ1) is 11.8. The highest BCUT2D eigenvalue weighted by Crippen LogP contribution is 2.22. The quantitative estimate of drug-likeness (QED) is 0.796. The number of anilines is 2. The zero-order valence-corrected chi connectivity index (χ0v) is 10.6. The van der Waals surface area contributed by atoms with Crippen LogP contribution in [0.4, 0.5) is 11.4 Å². The fraction of sp³-hybridized carbons (Fsp3) is 0.571. The lowest BCUT2D eigenvalue weighted by molar-refractivity contribution is -0.0415. The van der Waals surface area contributed by atoms with E-state index in [4.69, 9.17) is 10.5 Å². The van der Waals surface area contributed by atoms with Crippen molar-refractivity contribution in [3.63, 3.8) is 0 Å². The second kappa shape index (κ2) is 5.16. The molecule has 2 unspecified atom stereocenters. The third-order valence-corrected chi connectivity index (χ3v) is 3.91. The predicted octanol–water partition coefficient (Wildman–Crippen LogP) is 1.54. The average Bonchev–Trinajstić information content (AvgIpc) is 2.85. The summed E-state index contributed by atoms with van der Waals surface area (Å²) in [6.07, 6.45) is 2.93. The molecule has 0 spiro atoms. The maximum absolute atomic E-state index is 5.91. The Bertz CT molecular complexity index is 393. The van der Waals surface area contributed by atoms with E-state index in [9.17, 15) is 0 Å². The van der Waals surface area contributed by atoms with Gasteiger partial charge in [0.2, 0.25) is 0 Å². The topological polar surface area (TPSA) is 50.5 Å². The molecule has 2 fully saturated rings. The monoisotopic (exact) mass is 247 g/mol. The highest BCUT2D eigenvalue weighted by Gasteiger charge is 2.31. The fourth-order valence-corrected chi connectivity index (χ4v) is 2.84. The van der Waals surface area contributed by atoms with Crippen molar-refractivity contribution in [3.8, 4) is 0 Å². The summed E-state index contributed by atoms with van der Waals surface area (Å²) < 4.78 is 5.91. The maximum atomic E-state index is 5.91. The van der Waals surface area contributed by atoms with Crippen molar-refractivity contribution in [2.24, 2.45) is 0 Å². The van der Waals surface area contributed by atoms with Crippen LogP contribution >= 0.6 is 0 Å². The molecule has 1 aromatic carbocycles. The molecule has 3 rings (SSSR count). The summed E-state index contributed by atoms with van der Waals surface area (Å²) in [7, 11) is 0. The van der Waals surface area contributed by atoms with Crippen molar-refractivity contribution in [1.82, 2.24) is 4.90 Å². The van der Waals surface area contributed by atoms with E-state index in [0.29, 0.717) is 12.1 Å². The first-order valence-electron chi connectivity index (χ1n) is 6.76. The van der Waals surface area contributed by atoms with Gasteiger partial charge in [-0.25, -0.2) is 0 Å². The molecule has 1 aromatic rings. The molecule has 2 aliphatic heterocycles. The normalized spacial score (nSPS) is 28.0. The summed E-state index contributed by atoms with van der Waals surface area (Å²) in [5.41, 5.74) is 7.57. The summed E-state index contributed by atoms with van der Waals surface area (Å²) in [6.45, 7) is 4.07. The molecule has 0 aromatic heterocycles. The predicted molar refractivity (Wildman–Crippen MR) is 73.7 cm³/mol. The molecule has 4 nitrogen and oxygen atoms in total. The number of nitrogen functional groups attached to an aromatic ring is 1. The van der Waals surface area contributed by atoms with Crippen molar-refractivity contribution in [2.45, 2.75) is 25.0 Å². The van der Waals surface area contributed by atoms with Crippen molar-refractivity contribution in [3.05, 3.63) is 24.3 Å². The summed E-state index contributed by atoms with van der Waals surface area (Å²) in [6, 6.07) is 8.53. The Morgan fingerprint density at radius 2 is 2.17 bits per heavy atom. The lowest BCUT2D eigenvalue weighted by Gasteiger charge is -2.35. The van der Waals surface area contributed by atoms with Gasteiger partial charge in [0.1, 0.15) is 0 Å². The molecule has 2 atom stereocenters. The van der Waals surface area contributed by atoms with Gasteiger partial charge in [-0.3, -0.25) is 4.90 Å². The Morgan fingerprint density at radius 1 is 1.33 bits per heavy atom. The van der Waals surface area contributed by atoms with Crippen LogP contribution in [0.5, 0.6) is 0 Å². The minimum atomic E-state index is 0.303. The van der Waals surface area contributed by atoms with Gasteiger partial charge in [-0.2, -0.15) is 0 Å². The summed E-state index contributed by atoms with van der Waals surface area (Å²) in [5, 5.41) is 3.41. The van der Waals surface area contributed by atoms with Gasteiger partial charge in [0, 0.05) is 30.5 Å². The minimum absolute atomic E-state index is 0.303. The Hall–Kier alpha value is -1.26. The number of hydrogen-bond acceptors (Lipinski definition) is 4. The van der Waals surface area contributed by atoms with Crippen molar-refractivity contribution in [2.75, 3.05) is 37.3 Å². The van der Waals surface area contributed by atoms with Crippen LogP contribution in [0.3, 0.4) is 0 Å². The zero-order valence-electron chi connectivity index (χ0n) is 10.6. The van der Waals surface area contributed by atoms with Crippen LogP contribution in [-0.2, 0) is 4.74 Å². The van der Waals surface area contributed by atoms with Crippen LogP contribution in [0.15, 0.2) is 24.3 Å². The molecule has 2 heterocycles. The number of fused-ring (bicyclic) bond motifs is 1. The minimum Gasteiger partial charge on any atom is -0.399 e. The van der Waals surface area contributed by atoms with Gasteiger partial charge >= 0.3 is 0 Å². The standard InChI is InChI=1S/C14H21N3O/c15-11-3-5-12(6-4-11)16-8-14-9-17-7-1-2-13(17)10-18-14/h3-6,13-14,16H,1-2,7-10,15H2. The number of nitrogens with one attached hydrogen (secondary N) is 1. The second-order valence-corrected chi connectivity index (χ2v) is 5.25. The van der Waals surface area contributed by atoms with E-state index in [1.165, 1.54) is 19.4 Å². The molecule has 0 saturated carbocycles. The van der Waals surface area contributed by atoms with E-state index >= 15 is 0 Å². The smallest absolute Gasteiger partial charge is 0.0874 e. The third-order valence-electron chi connectivity index (χ3n) is 3.91. The molecule has 0 bridgehead atoms. The molecule has 2 saturated heterocycles. The van der Waals surface area contributed by atoms with E-state index in [0.717, 1.165) is 31.1 Å². The number of ether oxygens (including phenoxy) is 1. The van der Waals surface area contributed by atoms with Gasteiger partial charge in [-0.15, -0.1) is 0 Å². The van der Waals surface area contributed by atoms with Crippen molar-refractivity contribution in [1.29, 1.82) is 0 Å². The first-order valence-corrected chi connectivity index (χ1v) is 6.76. The van der Waals surface area contributed by atoms with Gasteiger partial charge in [0.05, 0.1) is 12.7 Å². The van der Waals surface area contributed by atoms with Gasteiger partial charge < -0.3 is 15.8 Å². The van der Waals surface area contributed by atoms with Crippen LogP contribution in [0.1, 0.15) is 12.8 Å². The van der Waals surface area contributed by atoms with Crippen LogP contribution in [0, 0.1) is 0 Å². The van der Waals surface area contributed by atoms with Gasteiger partial charge in [0.25, 0.3) is 0 Å². The number of hydrogen-bond donors (Lipinski definition) is 2. The van der Waals surface area contributed by atoms with Crippen LogP contribution in [0.2, 0.25) is 0 Å². The Kier molecular flexibility index (Phi) is 3.39. The van der Waals surface area contributed by atoms with E-state index < -0.39 is 0 Å². The van der Waals surface area contributed by atoms with E-state index in [-0.39, 0.29) is 0 Å². The molecule has 0 aliphatic carbocycles. The van der Waals surface area contributed by atoms with Crippen molar-refractivity contribution < 1.29 is 4.74 Å². The molecular weight excluding hydrogens is 226 g/mol. The van der Waals surface area contributed by atoms with Crippen LogP contribution < -0.4 is 11.1 Å². The summed E-state index contributed by atoms with van der Waals surface area (Å²) in [4.78, 5) is 2.57. The molecule has 18 heavy (non-hydrogen) atoms. The number of nitrogens with two attached hydrogens (primary N) is 1. The number of rotatable bonds is 3.